The van der Waals surface area contributed by atoms with Crippen LogP contribution in [0.3, 0.4) is 0 Å². The van der Waals surface area contributed by atoms with E-state index in [1.165, 1.54) is 6.92 Å². The molecule has 0 aliphatic rings. The SMILES string of the molecule is CCOc1ccccc1NC(=O)[C@@H](C)OC(=O)CSCC(=O)Nc1cc(C)on1. The summed E-state index contributed by atoms with van der Waals surface area (Å²) >= 11 is 1.07. The Balaban J connectivity index is 1.72. The Morgan fingerprint density at radius 1 is 1.21 bits per heavy atom. The number of hydrogen-bond donors (Lipinski definition) is 2. The fourth-order valence-corrected chi connectivity index (χ4v) is 2.80. The van der Waals surface area contributed by atoms with E-state index in [-0.39, 0.29) is 17.4 Å². The topological polar surface area (TPSA) is 120 Å². The van der Waals surface area contributed by atoms with E-state index in [2.05, 4.69) is 15.8 Å². The number of rotatable bonds is 10. The molecule has 1 atom stereocenters. The number of para-hydroxylation sites is 2. The fourth-order valence-electron chi connectivity index (χ4n) is 2.20. The summed E-state index contributed by atoms with van der Waals surface area (Å²) in [6.07, 6.45) is -0.996. The molecule has 29 heavy (non-hydrogen) atoms. The van der Waals surface area contributed by atoms with Crippen LogP contribution in [0.15, 0.2) is 34.9 Å². The molecule has 0 aliphatic heterocycles. The quantitative estimate of drug-likeness (QED) is 0.562. The van der Waals surface area contributed by atoms with E-state index in [0.717, 1.165) is 11.8 Å². The third-order valence-electron chi connectivity index (χ3n) is 3.47. The lowest BCUT2D eigenvalue weighted by molar-refractivity contribution is -0.150. The maximum atomic E-state index is 12.3. The van der Waals surface area contributed by atoms with E-state index in [1.54, 1.807) is 37.3 Å². The lowest BCUT2D eigenvalue weighted by atomic mass is 10.2. The zero-order valence-corrected chi connectivity index (χ0v) is 17.2. The molecule has 1 heterocycles. The van der Waals surface area contributed by atoms with Crippen LogP contribution in [0.25, 0.3) is 0 Å². The molecule has 156 valence electrons. The van der Waals surface area contributed by atoms with Gasteiger partial charge in [0.15, 0.2) is 11.9 Å². The van der Waals surface area contributed by atoms with Crippen LogP contribution in [0.2, 0.25) is 0 Å². The van der Waals surface area contributed by atoms with Gasteiger partial charge in [-0.25, -0.2) is 0 Å². The van der Waals surface area contributed by atoms with Gasteiger partial charge in [0.25, 0.3) is 5.91 Å². The molecule has 0 radical (unpaired) electrons. The number of aryl methyl sites for hydroxylation is 1. The molecule has 1 aromatic carbocycles. The van der Waals surface area contributed by atoms with Gasteiger partial charge in [-0.15, -0.1) is 11.8 Å². The van der Waals surface area contributed by atoms with E-state index in [1.807, 2.05) is 6.92 Å². The number of nitrogens with one attached hydrogen (secondary N) is 2. The molecule has 2 rings (SSSR count). The van der Waals surface area contributed by atoms with Crippen molar-refractivity contribution >= 4 is 41.1 Å². The molecule has 2 amide bonds. The monoisotopic (exact) mass is 421 g/mol. The Morgan fingerprint density at radius 3 is 2.66 bits per heavy atom. The van der Waals surface area contributed by atoms with Crippen molar-refractivity contribution in [2.75, 3.05) is 28.7 Å². The Kier molecular flexibility index (Phi) is 8.53. The molecular formula is C19H23N3O6S. The van der Waals surface area contributed by atoms with Crippen molar-refractivity contribution in [3.05, 3.63) is 36.1 Å². The van der Waals surface area contributed by atoms with Gasteiger partial charge in [-0.2, -0.15) is 0 Å². The minimum Gasteiger partial charge on any atom is -0.492 e. The highest BCUT2D eigenvalue weighted by molar-refractivity contribution is 8.00. The number of anilines is 2. The van der Waals surface area contributed by atoms with Crippen LogP contribution >= 0.6 is 11.8 Å². The average molecular weight is 421 g/mol. The van der Waals surface area contributed by atoms with Crippen LogP contribution in [0.4, 0.5) is 11.5 Å². The first-order chi connectivity index (χ1) is 13.9. The van der Waals surface area contributed by atoms with Gasteiger partial charge in [0.2, 0.25) is 5.91 Å². The maximum Gasteiger partial charge on any atom is 0.316 e. The number of amides is 2. The highest BCUT2D eigenvalue weighted by Crippen LogP contribution is 2.24. The predicted octanol–water partition coefficient (Wildman–Crippen LogP) is 2.62. The molecule has 0 bridgehead atoms. The van der Waals surface area contributed by atoms with E-state index in [4.69, 9.17) is 14.0 Å². The highest BCUT2D eigenvalue weighted by atomic mass is 32.2. The normalized spacial score (nSPS) is 11.4. The van der Waals surface area contributed by atoms with Crippen LogP contribution in [0.5, 0.6) is 5.75 Å². The fraction of sp³-hybridized carbons (Fsp3) is 0.368. The Hall–Kier alpha value is -3.01. The summed E-state index contributed by atoms with van der Waals surface area (Å²) in [4.78, 5) is 36.0. The highest BCUT2D eigenvalue weighted by Gasteiger charge is 2.19. The van der Waals surface area contributed by atoms with Gasteiger partial charge in [-0.1, -0.05) is 17.3 Å². The molecule has 1 aromatic heterocycles. The van der Waals surface area contributed by atoms with Gasteiger partial charge in [0, 0.05) is 6.07 Å². The van der Waals surface area contributed by atoms with Gasteiger partial charge in [-0.3, -0.25) is 14.4 Å². The zero-order chi connectivity index (χ0) is 21.2. The summed E-state index contributed by atoms with van der Waals surface area (Å²) < 4.78 is 15.4. The van der Waals surface area contributed by atoms with Crippen molar-refractivity contribution in [1.82, 2.24) is 5.16 Å². The van der Waals surface area contributed by atoms with Crippen LogP contribution in [0.1, 0.15) is 19.6 Å². The predicted molar refractivity (Wildman–Crippen MR) is 109 cm³/mol. The van der Waals surface area contributed by atoms with Gasteiger partial charge < -0.3 is 24.6 Å². The number of carbonyl (C=O) groups is 3. The van der Waals surface area contributed by atoms with Crippen molar-refractivity contribution in [3.8, 4) is 5.75 Å². The first-order valence-electron chi connectivity index (χ1n) is 8.92. The number of benzene rings is 1. The summed E-state index contributed by atoms with van der Waals surface area (Å²) in [5, 5.41) is 8.87. The number of aromatic nitrogens is 1. The van der Waals surface area contributed by atoms with Crippen molar-refractivity contribution in [1.29, 1.82) is 0 Å². The lowest BCUT2D eigenvalue weighted by Crippen LogP contribution is -2.30. The largest absolute Gasteiger partial charge is 0.492 e. The minimum absolute atomic E-state index is 0.0311. The van der Waals surface area contributed by atoms with Crippen LogP contribution in [0, 0.1) is 6.92 Å². The first-order valence-corrected chi connectivity index (χ1v) is 10.1. The number of carbonyl (C=O) groups excluding carboxylic acids is 3. The van der Waals surface area contributed by atoms with Crippen LogP contribution < -0.4 is 15.4 Å². The Morgan fingerprint density at radius 2 is 1.97 bits per heavy atom. The molecule has 2 aromatic rings. The second-order valence-corrected chi connectivity index (χ2v) is 6.90. The van der Waals surface area contributed by atoms with Crippen LogP contribution in [-0.2, 0) is 19.1 Å². The number of ether oxygens (including phenoxy) is 2. The smallest absolute Gasteiger partial charge is 0.316 e. The second kappa shape index (κ2) is 11.1. The van der Waals surface area contributed by atoms with Crippen LogP contribution in [-0.4, -0.2) is 47.2 Å². The van der Waals surface area contributed by atoms with Crippen molar-refractivity contribution < 1.29 is 28.4 Å². The number of esters is 1. The van der Waals surface area contributed by atoms with Crippen molar-refractivity contribution in [2.45, 2.75) is 26.9 Å². The molecule has 0 aliphatic carbocycles. The average Bonchev–Trinajstić information content (AvgIpc) is 3.08. The third-order valence-corrected chi connectivity index (χ3v) is 4.38. The first kappa shape index (κ1) is 22.3. The molecule has 0 saturated carbocycles. The Bertz CT molecular complexity index is 854. The molecule has 0 unspecified atom stereocenters. The summed E-state index contributed by atoms with van der Waals surface area (Å²) in [7, 11) is 0. The van der Waals surface area contributed by atoms with Gasteiger partial charge in [-0.05, 0) is 32.9 Å². The van der Waals surface area contributed by atoms with E-state index in [0.29, 0.717) is 29.6 Å². The van der Waals surface area contributed by atoms with Crippen molar-refractivity contribution in [3.63, 3.8) is 0 Å². The molecule has 10 heteroatoms. The number of nitrogens with zero attached hydrogens (tertiary/aromatic N) is 1. The lowest BCUT2D eigenvalue weighted by Gasteiger charge is -2.15. The molecular weight excluding hydrogens is 398 g/mol. The van der Waals surface area contributed by atoms with Crippen molar-refractivity contribution in [2.24, 2.45) is 0 Å². The number of hydrogen-bond acceptors (Lipinski definition) is 8. The molecule has 0 fully saturated rings. The molecule has 2 N–H and O–H groups in total. The Labute approximate surface area is 172 Å². The zero-order valence-electron chi connectivity index (χ0n) is 16.4. The summed E-state index contributed by atoms with van der Waals surface area (Å²) in [6, 6.07) is 8.57. The standard InChI is InChI=1S/C19H23N3O6S/c1-4-26-15-8-6-5-7-14(15)20-19(25)13(3)27-18(24)11-29-10-17(23)21-16-9-12(2)28-22-16/h5-9,13H,4,10-11H2,1-3H3,(H,20,25)(H,21,22,23)/t13-/m1/s1. The van der Waals surface area contributed by atoms with Gasteiger partial charge in [0.1, 0.15) is 11.5 Å². The maximum absolute atomic E-state index is 12.3. The summed E-state index contributed by atoms with van der Waals surface area (Å²) in [5.74, 6) is -0.0153. The number of thioether (sulfide) groups is 1. The van der Waals surface area contributed by atoms with Gasteiger partial charge >= 0.3 is 5.97 Å². The minimum atomic E-state index is -0.996. The third kappa shape index (κ3) is 7.49. The summed E-state index contributed by atoms with van der Waals surface area (Å²) in [6.45, 7) is 5.48. The molecule has 0 spiro atoms. The molecule has 0 saturated heterocycles. The summed E-state index contributed by atoms with van der Waals surface area (Å²) in [5.41, 5.74) is 0.497. The second-order valence-electron chi connectivity index (χ2n) is 5.91. The van der Waals surface area contributed by atoms with Gasteiger partial charge in [0.05, 0.1) is 23.8 Å². The van der Waals surface area contributed by atoms with E-state index < -0.39 is 18.0 Å². The van der Waals surface area contributed by atoms with E-state index >= 15 is 0 Å². The molecule has 9 nitrogen and oxygen atoms in total. The van der Waals surface area contributed by atoms with E-state index in [9.17, 15) is 14.4 Å².